The topological polar surface area (TPSA) is 68.7 Å². The van der Waals surface area contributed by atoms with Crippen LogP contribution in [0.15, 0.2) is 16.7 Å². The standard InChI is InChI=1S/C19H26N2O3/c1-11-7-12(2)18-14(10-24-19(18)13(11)3)8-17(22)21-6-5-15(20)16(9-21)23-4/h7,10,15-16H,5-6,8-9,20H2,1-4H3/t15-,16+/m0/s1. The Bertz CT molecular complexity index is 766. The number of aryl methyl sites for hydroxylation is 3. The van der Waals surface area contributed by atoms with Gasteiger partial charge in [-0.2, -0.15) is 0 Å². The van der Waals surface area contributed by atoms with Crippen molar-refractivity contribution in [2.45, 2.75) is 45.8 Å². The van der Waals surface area contributed by atoms with Gasteiger partial charge in [0.2, 0.25) is 5.91 Å². The Morgan fingerprint density at radius 2 is 2.12 bits per heavy atom. The van der Waals surface area contributed by atoms with Crippen LogP contribution in [0.2, 0.25) is 0 Å². The Morgan fingerprint density at radius 1 is 1.38 bits per heavy atom. The molecular formula is C19H26N2O3. The van der Waals surface area contributed by atoms with Gasteiger partial charge in [-0.25, -0.2) is 0 Å². The van der Waals surface area contributed by atoms with Crippen LogP contribution in [0.3, 0.4) is 0 Å². The summed E-state index contributed by atoms with van der Waals surface area (Å²) in [5.74, 6) is 0.101. The molecular weight excluding hydrogens is 304 g/mol. The summed E-state index contributed by atoms with van der Waals surface area (Å²) in [6.45, 7) is 7.45. The van der Waals surface area contributed by atoms with E-state index in [9.17, 15) is 4.79 Å². The van der Waals surface area contributed by atoms with Crippen LogP contribution in [0.5, 0.6) is 0 Å². The summed E-state index contributed by atoms with van der Waals surface area (Å²) in [5, 5.41) is 1.07. The Kier molecular flexibility index (Phi) is 4.65. The van der Waals surface area contributed by atoms with Gasteiger partial charge >= 0.3 is 0 Å². The molecule has 1 aromatic heterocycles. The van der Waals surface area contributed by atoms with Gasteiger partial charge in [-0.05, 0) is 43.9 Å². The number of rotatable bonds is 3. The summed E-state index contributed by atoms with van der Waals surface area (Å²) >= 11 is 0. The smallest absolute Gasteiger partial charge is 0.227 e. The molecule has 0 radical (unpaired) electrons. The molecule has 1 fully saturated rings. The number of carbonyl (C=O) groups excluding carboxylic acids is 1. The van der Waals surface area contributed by atoms with E-state index in [1.807, 2.05) is 4.90 Å². The van der Waals surface area contributed by atoms with Gasteiger partial charge < -0.3 is 19.8 Å². The molecule has 0 spiro atoms. The Labute approximate surface area is 142 Å². The van der Waals surface area contributed by atoms with Crippen LogP contribution in [-0.4, -0.2) is 43.2 Å². The second kappa shape index (κ2) is 6.57. The van der Waals surface area contributed by atoms with Crippen LogP contribution in [0.1, 0.15) is 28.7 Å². The van der Waals surface area contributed by atoms with Crippen LogP contribution in [0, 0.1) is 20.8 Å². The molecule has 0 unspecified atom stereocenters. The zero-order valence-corrected chi connectivity index (χ0v) is 14.9. The minimum atomic E-state index is -0.0876. The molecule has 5 heteroatoms. The van der Waals surface area contributed by atoms with Gasteiger partial charge in [0.15, 0.2) is 0 Å². The first-order chi connectivity index (χ1) is 11.4. The van der Waals surface area contributed by atoms with Crippen LogP contribution in [0.4, 0.5) is 0 Å². The molecule has 1 aromatic carbocycles. The van der Waals surface area contributed by atoms with E-state index < -0.39 is 0 Å². The number of benzene rings is 1. The average molecular weight is 330 g/mol. The predicted octanol–water partition coefficient (Wildman–Crippen LogP) is 2.48. The van der Waals surface area contributed by atoms with Crippen molar-refractivity contribution in [3.8, 4) is 0 Å². The number of ether oxygens (including phenoxy) is 1. The molecule has 3 rings (SSSR count). The number of likely N-dealkylation sites (tertiary alicyclic amines) is 1. The van der Waals surface area contributed by atoms with Crippen molar-refractivity contribution < 1.29 is 13.9 Å². The fourth-order valence-corrected chi connectivity index (χ4v) is 3.60. The predicted molar refractivity (Wildman–Crippen MR) is 94.1 cm³/mol. The molecule has 1 saturated heterocycles. The normalized spacial score (nSPS) is 21.5. The first-order valence-corrected chi connectivity index (χ1v) is 8.45. The largest absolute Gasteiger partial charge is 0.464 e. The molecule has 0 aliphatic carbocycles. The highest BCUT2D eigenvalue weighted by molar-refractivity contribution is 5.92. The molecule has 24 heavy (non-hydrogen) atoms. The third kappa shape index (κ3) is 2.94. The Morgan fingerprint density at radius 3 is 2.83 bits per heavy atom. The maximum Gasteiger partial charge on any atom is 0.227 e. The molecule has 2 aromatic rings. The molecule has 0 bridgehead atoms. The number of carbonyl (C=O) groups is 1. The molecule has 130 valence electrons. The summed E-state index contributed by atoms with van der Waals surface area (Å²) in [7, 11) is 1.65. The maximum absolute atomic E-state index is 12.7. The number of piperidine rings is 1. The average Bonchev–Trinajstić information content (AvgIpc) is 2.97. The van der Waals surface area contributed by atoms with Crippen molar-refractivity contribution >= 4 is 16.9 Å². The number of amides is 1. The van der Waals surface area contributed by atoms with E-state index in [1.54, 1.807) is 13.4 Å². The summed E-state index contributed by atoms with van der Waals surface area (Å²) in [5.41, 5.74) is 11.4. The quantitative estimate of drug-likeness (QED) is 0.939. The van der Waals surface area contributed by atoms with Gasteiger partial charge in [0, 0.05) is 37.2 Å². The SMILES string of the molecule is CO[C@@H]1CN(C(=O)Cc2coc3c(C)c(C)cc(C)c23)CC[C@@H]1N. The maximum atomic E-state index is 12.7. The third-order valence-corrected chi connectivity index (χ3v) is 5.23. The zero-order valence-electron chi connectivity index (χ0n) is 14.9. The Hall–Kier alpha value is -1.85. The molecule has 2 N–H and O–H groups in total. The highest BCUT2D eigenvalue weighted by Crippen LogP contribution is 2.30. The molecule has 2 heterocycles. The Balaban J connectivity index is 1.83. The van der Waals surface area contributed by atoms with Crippen LogP contribution < -0.4 is 5.73 Å². The monoisotopic (exact) mass is 330 g/mol. The lowest BCUT2D eigenvalue weighted by atomic mass is 9.98. The number of fused-ring (bicyclic) bond motifs is 1. The second-order valence-corrected chi connectivity index (χ2v) is 6.84. The van der Waals surface area contributed by atoms with Crippen molar-refractivity contribution in [1.82, 2.24) is 4.90 Å². The van der Waals surface area contributed by atoms with Gasteiger partial charge in [-0.15, -0.1) is 0 Å². The van der Waals surface area contributed by atoms with Crippen molar-refractivity contribution in [2.75, 3.05) is 20.2 Å². The van der Waals surface area contributed by atoms with E-state index in [1.165, 1.54) is 5.56 Å². The highest BCUT2D eigenvalue weighted by atomic mass is 16.5. The molecule has 0 saturated carbocycles. The van der Waals surface area contributed by atoms with Crippen LogP contribution >= 0.6 is 0 Å². The fourth-order valence-electron chi connectivity index (χ4n) is 3.60. The van der Waals surface area contributed by atoms with Crippen LogP contribution in [0.25, 0.3) is 11.0 Å². The summed E-state index contributed by atoms with van der Waals surface area (Å²) in [6, 6.07) is 2.16. The third-order valence-electron chi connectivity index (χ3n) is 5.23. The number of hydrogen-bond donors (Lipinski definition) is 1. The summed E-state index contributed by atoms with van der Waals surface area (Å²) in [4.78, 5) is 14.6. The van der Waals surface area contributed by atoms with E-state index in [2.05, 4.69) is 26.8 Å². The lowest BCUT2D eigenvalue weighted by Gasteiger charge is -2.36. The molecule has 1 aliphatic rings. The highest BCUT2D eigenvalue weighted by Gasteiger charge is 2.29. The van der Waals surface area contributed by atoms with Gasteiger partial charge in [-0.3, -0.25) is 4.79 Å². The van der Waals surface area contributed by atoms with E-state index in [4.69, 9.17) is 14.9 Å². The van der Waals surface area contributed by atoms with Crippen molar-refractivity contribution in [1.29, 1.82) is 0 Å². The number of methoxy groups -OCH3 is 1. The van der Waals surface area contributed by atoms with Gasteiger partial charge in [0.05, 0.1) is 18.8 Å². The summed E-state index contributed by atoms with van der Waals surface area (Å²) < 4.78 is 11.2. The lowest BCUT2D eigenvalue weighted by Crippen LogP contribution is -2.53. The number of furan rings is 1. The number of nitrogens with two attached hydrogens (primary N) is 1. The minimum absolute atomic E-state index is 0.00155. The summed E-state index contributed by atoms with van der Waals surface area (Å²) in [6.07, 6.45) is 2.76. The molecule has 5 nitrogen and oxygen atoms in total. The van der Waals surface area contributed by atoms with Gasteiger partial charge in [0.1, 0.15) is 5.58 Å². The first kappa shape index (κ1) is 17.0. The lowest BCUT2D eigenvalue weighted by molar-refractivity contribution is -0.134. The second-order valence-electron chi connectivity index (χ2n) is 6.84. The molecule has 1 aliphatic heterocycles. The zero-order chi connectivity index (χ0) is 17.4. The van der Waals surface area contributed by atoms with Gasteiger partial charge in [0.25, 0.3) is 0 Å². The van der Waals surface area contributed by atoms with E-state index in [0.717, 1.165) is 34.1 Å². The first-order valence-electron chi connectivity index (χ1n) is 8.45. The van der Waals surface area contributed by atoms with E-state index in [0.29, 0.717) is 19.5 Å². The molecule has 1 amide bonds. The number of nitrogens with zero attached hydrogens (tertiary/aromatic N) is 1. The van der Waals surface area contributed by atoms with Crippen molar-refractivity contribution in [3.05, 3.63) is 34.6 Å². The van der Waals surface area contributed by atoms with E-state index in [-0.39, 0.29) is 18.1 Å². The van der Waals surface area contributed by atoms with Crippen molar-refractivity contribution in [2.24, 2.45) is 5.73 Å². The number of hydrogen-bond acceptors (Lipinski definition) is 4. The van der Waals surface area contributed by atoms with Crippen LogP contribution in [-0.2, 0) is 16.0 Å². The van der Waals surface area contributed by atoms with Gasteiger partial charge in [-0.1, -0.05) is 6.07 Å². The molecule has 2 atom stereocenters. The minimum Gasteiger partial charge on any atom is -0.464 e. The van der Waals surface area contributed by atoms with Crippen molar-refractivity contribution in [3.63, 3.8) is 0 Å². The fraction of sp³-hybridized carbons (Fsp3) is 0.526. The van der Waals surface area contributed by atoms with E-state index >= 15 is 0 Å².